The SMILES string of the molecule is COc1nc(-c2cccc(-c3cccc(-c4cnc(CNC5CC5)c(OC)n4)c3Cl)c2Cl)cnc1CNCC1CCC(=O)N1. The molecule has 1 amide bonds. The lowest BCUT2D eigenvalue weighted by Gasteiger charge is -2.15. The molecule has 1 saturated carbocycles. The van der Waals surface area contributed by atoms with Crippen molar-refractivity contribution in [1.82, 2.24) is 35.9 Å². The van der Waals surface area contributed by atoms with Crippen molar-refractivity contribution in [2.45, 2.75) is 50.9 Å². The summed E-state index contributed by atoms with van der Waals surface area (Å²) in [4.78, 5) is 30.1. The Morgan fingerprint density at radius 2 is 1.36 bits per heavy atom. The lowest BCUT2D eigenvalue weighted by atomic mass is 9.98. The standard InChI is InChI=1S/C32H33Cl2N7O3/c1-43-31-26(14-35-13-19-11-12-28(42)39-19)37-15-24(40-31)22-7-3-5-20(29(22)33)21-6-4-8-23(30(21)34)25-16-38-27(32(41-25)44-2)17-36-18-9-10-18/h3-8,15-16,18-19,35-36H,9-14,17H2,1-2H3,(H,39,42). The van der Waals surface area contributed by atoms with Crippen molar-refractivity contribution >= 4 is 29.1 Å². The first-order valence-electron chi connectivity index (χ1n) is 14.6. The monoisotopic (exact) mass is 633 g/mol. The predicted molar refractivity (Wildman–Crippen MR) is 170 cm³/mol. The van der Waals surface area contributed by atoms with Crippen LogP contribution >= 0.6 is 23.2 Å². The van der Waals surface area contributed by atoms with Gasteiger partial charge in [0.1, 0.15) is 11.4 Å². The van der Waals surface area contributed by atoms with E-state index in [9.17, 15) is 4.79 Å². The third-order valence-corrected chi connectivity index (χ3v) is 8.57. The van der Waals surface area contributed by atoms with Gasteiger partial charge in [0.25, 0.3) is 0 Å². The number of amides is 1. The van der Waals surface area contributed by atoms with Crippen molar-refractivity contribution in [2.24, 2.45) is 0 Å². The summed E-state index contributed by atoms with van der Waals surface area (Å²) in [6.45, 7) is 1.69. The van der Waals surface area contributed by atoms with Crippen molar-refractivity contribution in [3.8, 4) is 45.4 Å². The maximum absolute atomic E-state index is 11.5. The molecule has 0 spiro atoms. The average Bonchev–Trinajstić information content (AvgIpc) is 3.79. The average molecular weight is 635 g/mol. The molecule has 2 aromatic carbocycles. The summed E-state index contributed by atoms with van der Waals surface area (Å²) in [6.07, 6.45) is 7.16. The van der Waals surface area contributed by atoms with E-state index in [1.54, 1.807) is 26.6 Å². The Balaban J connectivity index is 1.25. The number of hydrogen-bond donors (Lipinski definition) is 3. The Morgan fingerprint density at radius 1 is 0.818 bits per heavy atom. The van der Waals surface area contributed by atoms with Crippen LogP contribution in [0, 0.1) is 0 Å². The van der Waals surface area contributed by atoms with Crippen LogP contribution in [0.4, 0.5) is 0 Å². The van der Waals surface area contributed by atoms with Gasteiger partial charge in [-0.1, -0.05) is 59.6 Å². The molecule has 3 N–H and O–H groups in total. The second-order valence-corrected chi connectivity index (χ2v) is 11.6. The molecule has 1 aliphatic heterocycles. The maximum atomic E-state index is 11.5. The first-order valence-corrected chi connectivity index (χ1v) is 15.3. The van der Waals surface area contributed by atoms with E-state index >= 15 is 0 Å². The van der Waals surface area contributed by atoms with Gasteiger partial charge in [-0.05, 0) is 19.3 Å². The highest BCUT2D eigenvalue weighted by molar-refractivity contribution is 6.39. The second-order valence-electron chi connectivity index (χ2n) is 10.8. The number of carbonyl (C=O) groups is 1. The van der Waals surface area contributed by atoms with Gasteiger partial charge in [0.05, 0.1) is 48.0 Å². The molecule has 2 aromatic heterocycles. The van der Waals surface area contributed by atoms with E-state index in [0.717, 1.165) is 23.2 Å². The number of nitrogens with one attached hydrogen (secondary N) is 3. The van der Waals surface area contributed by atoms with Gasteiger partial charge in [-0.15, -0.1) is 0 Å². The molecule has 2 aliphatic rings. The normalized spacial score (nSPS) is 16.2. The molecule has 1 aliphatic carbocycles. The maximum Gasteiger partial charge on any atom is 0.237 e. The van der Waals surface area contributed by atoms with Crippen LogP contribution in [0.25, 0.3) is 33.6 Å². The van der Waals surface area contributed by atoms with Crippen molar-refractivity contribution in [2.75, 3.05) is 20.8 Å². The molecule has 0 bridgehead atoms. The molecule has 1 atom stereocenters. The molecule has 1 unspecified atom stereocenters. The predicted octanol–water partition coefficient (Wildman–Crippen LogP) is 5.21. The Morgan fingerprint density at radius 3 is 1.86 bits per heavy atom. The van der Waals surface area contributed by atoms with Gasteiger partial charge in [0.2, 0.25) is 17.7 Å². The molecule has 6 rings (SSSR count). The zero-order valence-corrected chi connectivity index (χ0v) is 26.0. The minimum atomic E-state index is 0.0883. The van der Waals surface area contributed by atoms with E-state index < -0.39 is 0 Å². The molecule has 44 heavy (non-hydrogen) atoms. The molecule has 1 saturated heterocycles. The van der Waals surface area contributed by atoms with Crippen LogP contribution < -0.4 is 25.4 Å². The fourth-order valence-corrected chi connectivity index (χ4v) is 5.87. The van der Waals surface area contributed by atoms with E-state index in [0.29, 0.717) is 82.1 Å². The zero-order valence-electron chi connectivity index (χ0n) is 24.5. The molecule has 3 heterocycles. The molecule has 2 fully saturated rings. The van der Waals surface area contributed by atoms with Crippen LogP contribution in [0.3, 0.4) is 0 Å². The van der Waals surface area contributed by atoms with Crippen LogP contribution in [-0.4, -0.2) is 58.7 Å². The third-order valence-electron chi connectivity index (χ3n) is 7.75. The van der Waals surface area contributed by atoms with Crippen molar-refractivity contribution in [1.29, 1.82) is 0 Å². The molecule has 0 radical (unpaired) electrons. The Kier molecular flexibility index (Phi) is 9.22. The quantitative estimate of drug-likeness (QED) is 0.193. The second kappa shape index (κ2) is 13.4. The van der Waals surface area contributed by atoms with Crippen LogP contribution in [0.5, 0.6) is 11.8 Å². The summed E-state index contributed by atoms with van der Waals surface area (Å²) in [7, 11) is 3.15. The van der Waals surface area contributed by atoms with Crippen LogP contribution in [-0.2, 0) is 17.9 Å². The number of nitrogens with zero attached hydrogens (tertiary/aromatic N) is 4. The van der Waals surface area contributed by atoms with Crippen LogP contribution in [0.15, 0.2) is 48.8 Å². The first-order chi connectivity index (χ1) is 21.4. The topological polar surface area (TPSA) is 123 Å². The Hall–Kier alpha value is -3.83. The number of aromatic nitrogens is 4. The molecule has 228 valence electrons. The van der Waals surface area contributed by atoms with E-state index in [2.05, 4.69) is 25.9 Å². The lowest BCUT2D eigenvalue weighted by Crippen LogP contribution is -2.35. The third kappa shape index (κ3) is 6.63. The minimum absolute atomic E-state index is 0.0883. The number of halogens is 2. The molecule has 10 nitrogen and oxygen atoms in total. The van der Waals surface area contributed by atoms with Gasteiger partial charge in [-0.3, -0.25) is 14.8 Å². The zero-order chi connectivity index (χ0) is 30.6. The summed E-state index contributed by atoms with van der Waals surface area (Å²) < 4.78 is 11.1. The van der Waals surface area contributed by atoms with Gasteiger partial charge in [-0.25, -0.2) is 9.97 Å². The highest BCUT2D eigenvalue weighted by Gasteiger charge is 2.23. The van der Waals surface area contributed by atoms with Crippen LogP contribution in [0.2, 0.25) is 10.0 Å². The Bertz CT molecular complexity index is 1680. The fraction of sp³-hybridized carbons (Fsp3) is 0.344. The molecule has 4 aromatic rings. The summed E-state index contributed by atoms with van der Waals surface area (Å²) in [5.74, 6) is 0.953. The first kappa shape index (κ1) is 30.2. The van der Waals surface area contributed by atoms with Gasteiger partial charge >= 0.3 is 0 Å². The van der Waals surface area contributed by atoms with Gasteiger partial charge < -0.3 is 25.4 Å². The molecular weight excluding hydrogens is 601 g/mol. The molecular formula is C32H33Cl2N7O3. The number of carbonyl (C=O) groups excluding carboxylic acids is 1. The number of benzene rings is 2. The van der Waals surface area contributed by atoms with E-state index in [4.69, 9.17) is 42.6 Å². The number of ether oxygens (including phenoxy) is 2. The highest BCUT2D eigenvalue weighted by atomic mass is 35.5. The number of hydrogen-bond acceptors (Lipinski definition) is 9. The number of methoxy groups -OCH3 is 2. The van der Waals surface area contributed by atoms with Crippen LogP contribution in [0.1, 0.15) is 37.1 Å². The number of rotatable bonds is 12. The Labute approximate surface area is 265 Å². The highest BCUT2D eigenvalue weighted by Crippen LogP contribution is 2.42. The van der Waals surface area contributed by atoms with E-state index in [-0.39, 0.29) is 11.9 Å². The van der Waals surface area contributed by atoms with E-state index in [1.165, 1.54) is 12.8 Å². The van der Waals surface area contributed by atoms with Gasteiger partial charge in [-0.2, -0.15) is 0 Å². The molecule has 12 heteroatoms. The largest absolute Gasteiger partial charge is 0.480 e. The smallest absolute Gasteiger partial charge is 0.237 e. The van der Waals surface area contributed by atoms with Gasteiger partial charge in [0, 0.05) is 60.4 Å². The lowest BCUT2D eigenvalue weighted by molar-refractivity contribution is -0.119. The van der Waals surface area contributed by atoms with Crippen molar-refractivity contribution in [3.63, 3.8) is 0 Å². The van der Waals surface area contributed by atoms with Gasteiger partial charge in [0.15, 0.2) is 0 Å². The van der Waals surface area contributed by atoms with Crippen molar-refractivity contribution < 1.29 is 14.3 Å². The summed E-state index contributed by atoms with van der Waals surface area (Å²) in [5, 5.41) is 10.7. The summed E-state index contributed by atoms with van der Waals surface area (Å²) >= 11 is 14.0. The summed E-state index contributed by atoms with van der Waals surface area (Å²) in [5.41, 5.74) is 5.49. The van der Waals surface area contributed by atoms with Crippen molar-refractivity contribution in [3.05, 3.63) is 70.2 Å². The van der Waals surface area contributed by atoms with E-state index in [1.807, 2.05) is 36.4 Å². The summed E-state index contributed by atoms with van der Waals surface area (Å²) in [6, 6.07) is 12.1. The minimum Gasteiger partial charge on any atom is -0.480 e. The fourth-order valence-electron chi connectivity index (χ4n) is 5.22.